The van der Waals surface area contributed by atoms with Gasteiger partial charge in [-0.25, -0.2) is 4.98 Å². The molecule has 3 nitrogen and oxygen atoms in total. The van der Waals surface area contributed by atoms with Gasteiger partial charge in [-0.15, -0.1) is 11.3 Å². The van der Waals surface area contributed by atoms with Crippen LogP contribution in [0.25, 0.3) is 20.8 Å². The molecule has 1 N–H and O–H groups in total. The van der Waals surface area contributed by atoms with Gasteiger partial charge in [-0.1, -0.05) is 84.9 Å². The minimum absolute atomic E-state index is 0.0639. The van der Waals surface area contributed by atoms with Gasteiger partial charge < -0.3 is 5.32 Å². The minimum atomic E-state index is -0.397. The Labute approximate surface area is 185 Å². The first kappa shape index (κ1) is 19.2. The Kier molecular flexibility index (Phi) is 5.29. The number of aromatic nitrogens is 1. The van der Waals surface area contributed by atoms with Gasteiger partial charge >= 0.3 is 0 Å². The topological polar surface area (TPSA) is 42.0 Å². The highest BCUT2D eigenvalue weighted by Gasteiger charge is 2.23. The van der Waals surface area contributed by atoms with Crippen LogP contribution in [0.2, 0.25) is 0 Å². The first-order chi connectivity index (χ1) is 15.3. The lowest BCUT2D eigenvalue weighted by Gasteiger charge is -2.19. The summed E-state index contributed by atoms with van der Waals surface area (Å²) in [6.07, 6.45) is 0. The van der Waals surface area contributed by atoms with Crippen molar-refractivity contribution >= 4 is 33.1 Å². The molecular formula is C27H20N2OS. The zero-order valence-corrected chi connectivity index (χ0v) is 17.5. The number of fused-ring (bicyclic) bond motifs is 1. The number of carbonyl (C=O) groups is 1. The van der Waals surface area contributed by atoms with Crippen LogP contribution in [-0.4, -0.2) is 10.9 Å². The summed E-state index contributed by atoms with van der Waals surface area (Å²) in [7, 11) is 0. The smallest absolute Gasteiger partial charge is 0.236 e. The normalized spacial score (nSPS) is 11.0. The van der Waals surface area contributed by atoms with E-state index in [9.17, 15) is 4.79 Å². The van der Waals surface area contributed by atoms with E-state index < -0.39 is 5.92 Å². The van der Waals surface area contributed by atoms with E-state index in [4.69, 9.17) is 4.98 Å². The highest BCUT2D eigenvalue weighted by molar-refractivity contribution is 7.21. The van der Waals surface area contributed by atoms with Crippen molar-refractivity contribution < 1.29 is 4.79 Å². The fourth-order valence-electron chi connectivity index (χ4n) is 3.76. The van der Waals surface area contributed by atoms with Crippen LogP contribution in [0.1, 0.15) is 17.0 Å². The van der Waals surface area contributed by atoms with Gasteiger partial charge in [0.25, 0.3) is 0 Å². The van der Waals surface area contributed by atoms with E-state index in [0.717, 1.165) is 37.6 Å². The zero-order valence-electron chi connectivity index (χ0n) is 16.7. The molecule has 1 amide bonds. The summed E-state index contributed by atoms with van der Waals surface area (Å²) in [5.74, 6) is -0.461. The Morgan fingerprint density at radius 2 is 1.29 bits per heavy atom. The van der Waals surface area contributed by atoms with E-state index in [1.165, 1.54) is 0 Å². The van der Waals surface area contributed by atoms with Crippen LogP contribution >= 0.6 is 11.3 Å². The van der Waals surface area contributed by atoms with E-state index in [1.54, 1.807) is 11.3 Å². The number of thiazole rings is 1. The molecule has 4 aromatic carbocycles. The molecule has 0 saturated heterocycles. The van der Waals surface area contributed by atoms with Crippen molar-refractivity contribution in [3.8, 4) is 10.6 Å². The molecule has 0 radical (unpaired) electrons. The van der Waals surface area contributed by atoms with E-state index in [-0.39, 0.29) is 5.91 Å². The van der Waals surface area contributed by atoms with Gasteiger partial charge in [0.1, 0.15) is 5.01 Å². The molecule has 0 atom stereocenters. The molecular weight excluding hydrogens is 400 g/mol. The fraction of sp³-hybridized carbons (Fsp3) is 0.0370. The highest BCUT2D eigenvalue weighted by atomic mass is 32.1. The summed E-state index contributed by atoms with van der Waals surface area (Å²) in [5.41, 5.74) is 4.59. The van der Waals surface area contributed by atoms with Crippen molar-refractivity contribution in [2.75, 3.05) is 5.32 Å². The Morgan fingerprint density at radius 3 is 1.97 bits per heavy atom. The summed E-state index contributed by atoms with van der Waals surface area (Å²) in [5, 5.41) is 4.07. The van der Waals surface area contributed by atoms with Gasteiger partial charge in [0.05, 0.1) is 21.8 Å². The summed E-state index contributed by atoms with van der Waals surface area (Å²) in [6, 6.07) is 35.7. The molecule has 0 spiro atoms. The SMILES string of the molecule is O=C(Nc1ccccc1-c1nc2ccccc2s1)C(c1ccccc1)c1ccccc1. The fourth-order valence-corrected chi connectivity index (χ4v) is 4.76. The number of hydrogen-bond donors (Lipinski definition) is 1. The van der Waals surface area contributed by atoms with Crippen molar-refractivity contribution in [3.05, 3.63) is 120 Å². The van der Waals surface area contributed by atoms with Gasteiger partial charge in [0.15, 0.2) is 0 Å². The van der Waals surface area contributed by atoms with E-state index in [2.05, 4.69) is 11.4 Å². The van der Waals surface area contributed by atoms with Crippen molar-refractivity contribution in [2.45, 2.75) is 5.92 Å². The number of amides is 1. The maximum absolute atomic E-state index is 13.5. The summed E-state index contributed by atoms with van der Waals surface area (Å²) < 4.78 is 1.13. The maximum atomic E-state index is 13.5. The Hall–Kier alpha value is -3.76. The van der Waals surface area contributed by atoms with Gasteiger partial charge in [-0.3, -0.25) is 4.79 Å². The molecule has 5 rings (SSSR count). The second-order valence-corrected chi connectivity index (χ2v) is 8.31. The highest BCUT2D eigenvalue weighted by Crippen LogP contribution is 2.35. The summed E-state index contributed by atoms with van der Waals surface area (Å²) >= 11 is 1.63. The number of rotatable bonds is 5. The molecule has 0 aliphatic heterocycles. The van der Waals surface area contributed by atoms with Crippen LogP contribution in [0.5, 0.6) is 0 Å². The Morgan fingerprint density at radius 1 is 0.710 bits per heavy atom. The van der Waals surface area contributed by atoms with Gasteiger partial charge in [-0.2, -0.15) is 0 Å². The van der Waals surface area contributed by atoms with Crippen LogP contribution in [0.4, 0.5) is 5.69 Å². The first-order valence-corrected chi connectivity index (χ1v) is 11.0. The molecule has 150 valence electrons. The summed E-state index contributed by atoms with van der Waals surface area (Å²) in [4.78, 5) is 18.3. The number of nitrogens with zero attached hydrogens (tertiary/aromatic N) is 1. The number of nitrogens with one attached hydrogen (secondary N) is 1. The lowest BCUT2D eigenvalue weighted by atomic mass is 9.90. The standard InChI is InChI=1S/C27H20N2OS/c30-26(25(19-11-3-1-4-12-19)20-13-5-2-6-14-20)28-22-16-8-7-15-21(22)27-29-23-17-9-10-18-24(23)31-27/h1-18,25H,(H,28,30). The number of carbonyl (C=O) groups excluding carboxylic acids is 1. The molecule has 1 heterocycles. The van der Waals surface area contributed by atoms with Crippen LogP contribution in [0.3, 0.4) is 0 Å². The molecule has 5 aromatic rings. The van der Waals surface area contributed by atoms with Crippen LogP contribution in [-0.2, 0) is 4.79 Å². The molecule has 0 saturated carbocycles. The van der Waals surface area contributed by atoms with Crippen molar-refractivity contribution in [2.24, 2.45) is 0 Å². The zero-order chi connectivity index (χ0) is 21.0. The largest absolute Gasteiger partial charge is 0.325 e. The van der Waals surface area contributed by atoms with E-state index >= 15 is 0 Å². The molecule has 1 aromatic heterocycles. The van der Waals surface area contributed by atoms with E-state index in [1.807, 2.05) is 103 Å². The molecule has 0 unspecified atom stereocenters. The van der Waals surface area contributed by atoms with Crippen LogP contribution < -0.4 is 5.32 Å². The Balaban J connectivity index is 1.52. The van der Waals surface area contributed by atoms with Gasteiger partial charge in [-0.05, 0) is 35.4 Å². The maximum Gasteiger partial charge on any atom is 0.236 e. The second kappa shape index (κ2) is 8.54. The molecule has 0 aliphatic carbocycles. The lowest BCUT2D eigenvalue weighted by Crippen LogP contribution is -2.22. The molecule has 0 bridgehead atoms. The summed E-state index contributed by atoms with van der Waals surface area (Å²) in [6.45, 7) is 0. The number of anilines is 1. The van der Waals surface area contributed by atoms with Crippen LogP contribution in [0.15, 0.2) is 109 Å². The van der Waals surface area contributed by atoms with Gasteiger partial charge in [0, 0.05) is 5.56 Å². The molecule has 0 fully saturated rings. The average molecular weight is 421 g/mol. The first-order valence-electron chi connectivity index (χ1n) is 10.2. The lowest BCUT2D eigenvalue weighted by molar-refractivity contribution is -0.116. The molecule has 4 heteroatoms. The van der Waals surface area contributed by atoms with Crippen molar-refractivity contribution in [1.29, 1.82) is 0 Å². The average Bonchev–Trinajstić information content (AvgIpc) is 3.25. The number of para-hydroxylation sites is 2. The van der Waals surface area contributed by atoms with E-state index in [0.29, 0.717) is 0 Å². The molecule has 0 aliphatic rings. The Bertz CT molecular complexity index is 1260. The number of benzene rings is 4. The predicted octanol–water partition coefficient (Wildman–Crippen LogP) is 6.73. The monoisotopic (exact) mass is 420 g/mol. The second-order valence-electron chi connectivity index (χ2n) is 7.28. The quantitative estimate of drug-likeness (QED) is 0.342. The van der Waals surface area contributed by atoms with Crippen molar-refractivity contribution in [3.63, 3.8) is 0 Å². The predicted molar refractivity (Wildman–Crippen MR) is 128 cm³/mol. The van der Waals surface area contributed by atoms with Crippen LogP contribution in [0, 0.1) is 0 Å². The number of hydrogen-bond acceptors (Lipinski definition) is 3. The minimum Gasteiger partial charge on any atom is -0.325 e. The molecule has 31 heavy (non-hydrogen) atoms. The van der Waals surface area contributed by atoms with Gasteiger partial charge in [0.2, 0.25) is 5.91 Å². The third-order valence-electron chi connectivity index (χ3n) is 5.24. The van der Waals surface area contributed by atoms with Crippen molar-refractivity contribution in [1.82, 2.24) is 4.98 Å². The third-order valence-corrected chi connectivity index (χ3v) is 6.31. The third kappa shape index (κ3) is 3.98.